The molecule has 1 unspecified atom stereocenters. The van der Waals surface area contributed by atoms with Crippen molar-refractivity contribution in [1.82, 2.24) is 19.5 Å². The Kier molecular flexibility index (Phi) is 7.48. The van der Waals surface area contributed by atoms with Crippen LogP contribution in [0, 0.1) is 0 Å². The van der Waals surface area contributed by atoms with Gasteiger partial charge in [-0.1, -0.05) is 30.3 Å². The predicted octanol–water partition coefficient (Wildman–Crippen LogP) is 0.224. The molecule has 3 aromatic rings. The number of hydrogen-bond acceptors (Lipinski definition) is 10. The molecule has 5 atom stereocenters. The Bertz CT molecular complexity index is 1180. The summed E-state index contributed by atoms with van der Waals surface area (Å²) >= 11 is 6.12. The monoisotopic (exact) mass is 515 g/mol. The van der Waals surface area contributed by atoms with Crippen LogP contribution >= 0.6 is 19.4 Å². The number of nitrogens with zero attached hydrogens (tertiary/aromatic N) is 4. The molecule has 184 valence electrons. The highest BCUT2D eigenvalue weighted by Crippen LogP contribution is 2.36. The highest BCUT2D eigenvalue weighted by atomic mass is 35.5. The van der Waals surface area contributed by atoms with E-state index in [2.05, 4.69) is 20.3 Å². The lowest BCUT2D eigenvalue weighted by molar-refractivity contribution is -0.0511. The van der Waals surface area contributed by atoms with Gasteiger partial charge in [0.1, 0.15) is 18.3 Å². The summed E-state index contributed by atoms with van der Waals surface area (Å²) in [6.07, 6.45) is -3.11. The summed E-state index contributed by atoms with van der Waals surface area (Å²) in [4.78, 5) is 30.9. The zero-order valence-electron chi connectivity index (χ0n) is 17.5. The molecule has 4 rings (SSSR count). The average molecular weight is 516 g/mol. The van der Waals surface area contributed by atoms with Crippen LogP contribution in [-0.2, 0) is 20.2 Å². The van der Waals surface area contributed by atoms with Gasteiger partial charge in [-0.2, -0.15) is 9.97 Å². The van der Waals surface area contributed by atoms with Gasteiger partial charge >= 0.3 is 7.82 Å². The lowest BCUT2D eigenvalue weighted by Crippen LogP contribution is -2.33. The SMILES string of the molecule is O=P(O)(O)OCC(Cc1ccccc1)Nc1nc(Cl)nc2c1ncn2[C@@H]1O[C@H](CO)[C@@H](O)[C@H]1O. The molecular formula is C19H23ClN5O8P. The summed E-state index contributed by atoms with van der Waals surface area (Å²) in [5, 5.41) is 32.7. The Morgan fingerprint density at radius 2 is 1.94 bits per heavy atom. The Hall–Kier alpha value is -2.19. The first kappa shape index (κ1) is 24.9. The molecule has 3 heterocycles. The van der Waals surface area contributed by atoms with Crippen molar-refractivity contribution in [2.24, 2.45) is 0 Å². The molecule has 0 spiro atoms. The number of anilines is 1. The number of rotatable bonds is 9. The molecule has 1 aromatic carbocycles. The van der Waals surface area contributed by atoms with E-state index in [1.165, 1.54) is 10.9 Å². The summed E-state index contributed by atoms with van der Waals surface area (Å²) < 4.78 is 22.9. The lowest BCUT2D eigenvalue weighted by Gasteiger charge is -2.20. The Labute approximate surface area is 198 Å². The van der Waals surface area contributed by atoms with Crippen molar-refractivity contribution in [2.45, 2.75) is 37.0 Å². The molecule has 1 fully saturated rings. The molecule has 0 bridgehead atoms. The van der Waals surface area contributed by atoms with Gasteiger partial charge in [0.25, 0.3) is 0 Å². The number of benzene rings is 1. The van der Waals surface area contributed by atoms with Crippen LogP contribution in [0.25, 0.3) is 11.2 Å². The van der Waals surface area contributed by atoms with E-state index in [-0.39, 0.29) is 28.9 Å². The highest BCUT2D eigenvalue weighted by molar-refractivity contribution is 7.46. The van der Waals surface area contributed by atoms with Gasteiger partial charge in [-0.05, 0) is 23.6 Å². The molecule has 1 aliphatic heterocycles. The third kappa shape index (κ3) is 5.54. The summed E-state index contributed by atoms with van der Waals surface area (Å²) in [6.45, 7) is -0.845. The minimum atomic E-state index is -4.73. The van der Waals surface area contributed by atoms with Gasteiger partial charge in [-0.15, -0.1) is 0 Å². The number of aromatic nitrogens is 4. The van der Waals surface area contributed by atoms with Crippen molar-refractivity contribution in [1.29, 1.82) is 0 Å². The molecule has 13 nitrogen and oxygen atoms in total. The maximum absolute atomic E-state index is 11.3. The van der Waals surface area contributed by atoms with E-state index in [1.807, 2.05) is 30.3 Å². The molecule has 1 aliphatic rings. The minimum absolute atomic E-state index is 0.163. The molecule has 34 heavy (non-hydrogen) atoms. The maximum atomic E-state index is 11.3. The number of halogens is 1. The van der Waals surface area contributed by atoms with E-state index in [0.717, 1.165) is 5.56 Å². The molecule has 0 aliphatic carbocycles. The Balaban J connectivity index is 1.65. The fourth-order valence-corrected chi connectivity index (χ4v) is 4.26. The van der Waals surface area contributed by atoms with Crippen LogP contribution < -0.4 is 5.32 Å². The first-order valence-electron chi connectivity index (χ1n) is 10.2. The van der Waals surface area contributed by atoms with Crippen LogP contribution in [0.3, 0.4) is 0 Å². The fourth-order valence-electron chi connectivity index (χ4n) is 3.72. The number of ether oxygens (including phenoxy) is 1. The van der Waals surface area contributed by atoms with Crippen molar-refractivity contribution < 1.29 is 38.9 Å². The topological polar surface area (TPSA) is 192 Å². The second kappa shape index (κ2) is 10.2. The molecule has 15 heteroatoms. The lowest BCUT2D eigenvalue weighted by atomic mass is 10.1. The number of imidazole rings is 1. The van der Waals surface area contributed by atoms with Crippen LogP contribution in [0.15, 0.2) is 36.7 Å². The number of aliphatic hydroxyl groups is 3. The smallest absolute Gasteiger partial charge is 0.394 e. The van der Waals surface area contributed by atoms with Gasteiger partial charge in [0.2, 0.25) is 5.28 Å². The highest BCUT2D eigenvalue weighted by Gasteiger charge is 2.44. The van der Waals surface area contributed by atoms with Crippen LogP contribution in [-0.4, -0.2) is 82.2 Å². The first-order valence-corrected chi connectivity index (χ1v) is 12.1. The predicted molar refractivity (Wildman–Crippen MR) is 119 cm³/mol. The molecular weight excluding hydrogens is 493 g/mol. The van der Waals surface area contributed by atoms with Crippen LogP contribution in [0.2, 0.25) is 5.28 Å². The molecule has 6 N–H and O–H groups in total. The van der Waals surface area contributed by atoms with E-state index in [0.29, 0.717) is 6.42 Å². The minimum Gasteiger partial charge on any atom is -0.394 e. The summed E-state index contributed by atoms with van der Waals surface area (Å²) in [5.41, 5.74) is 1.28. The quantitative estimate of drug-likeness (QED) is 0.168. The standard InChI is InChI=1S/C19H23ClN5O8P/c20-19-23-16(22-11(8-32-34(29,30)31)6-10-4-2-1-3-5-10)13-17(24-19)25(9-21-13)18-15(28)14(27)12(7-26)33-18/h1-5,9,11-12,14-15,18,26-28H,6-8H2,(H,22,23,24)(H2,29,30,31)/t11?,12-,14-,15-,18-/m1/s1. The number of aliphatic hydroxyl groups excluding tert-OH is 3. The molecule has 0 radical (unpaired) electrons. The van der Waals surface area contributed by atoms with Gasteiger partial charge < -0.3 is 35.2 Å². The summed E-state index contributed by atoms with van der Waals surface area (Å²) in [7, 11) is -4.73. The number of hydrogen-bond donors (Lipinski definition) is 6. The molecule has 0 amide bonds. The van der Waals surface area contributed by atoms with Gasteiger partial charge in [0.05, 0.1) is 25.6 Å². The van der Waals surface area contributed by atoms with Crippen molar-refractivity contribution in [2.75, 3.05) is 18.5 Å². The van der Waals surface area contributed by atoms with Crippen molar-refractivity contribution in [3.63, 3.8) is 0 Å². The molecule has 0 saturated carbocycles. The summed E-state index contributed by atoms with van der Waals surface area (Å²) in [6, 6.07) is 8.58. The summed E-state index contributed by atoms with van der Waals surface area (Å²) in [5.74, 6) is 0.163. The number of phosphoric acid groups is 1. The zero-order chi connectivity index (χ0) is 24.5. The Morgan fingerprint density at radius 1 is 1.21 bits per heavy atom. The second-order valence-electron chi connectivity index (χ2n) is 7.71. The third-order valence-electron chi connectivity index (χ3n) is 5.30. The molecule has 2 aromatic heterocycles. The van der Waals surface area contributed by atoms with Gasteiger partial charge in [-0.3, -0.25) is 9.09 Å². The maximum Gasteiger partial charge on any atom is 0.469 e. The fraction of sp³-hybridized carbons (Fsp3) is 0.421. The van der Waals surface area contributed by atoms with Crippen LogP contribution in [0.1, 0.15) is 11.8 Å². The normalized spacial score (nSPS) is 23.9. The average Bonchev–Trinajstić information content (AvgIpc) is 3.33. The number of nitrogens with one attached hydrogen (secondary N) is 1. The van der Waals surface area contributed by atoms with Crippen LogP contribution in [0.4, 0.5) is 5.82 Å². The van der Waals surface area contributed by atoms with E-state index in [1.54, 1.807) is 0 Å². The van der Waals surface area contributed by atoms with Crippen molar-refractivity contribution in [3.8, 4) is 0 Å². The van der Waals surface area contributed by atoms with E-state index in [9.17, 15) is 19.9 Å². The second-order valence-corrected chi connectivity index (χ2v) is 9.29. The largest absolute Gasteiger partial charge is 0.469 e. The van der Waals surface area contributed by atoms with Gasteiger partial charge in [-0.25, -0.2) is 9.55 Å². The van der Waals surface area contributed by atoms with Gasteiger partial charge in [0, 0.05) is 0 Å². The number of fused-ring (bicyclic) bond motifs is 1. The zero-order valence-corrected chi connectivity index (χ0v) is 19.2. The van der Waals surface area contributed by atoms with Crippen LogP contribution in [0.5, 0.6) is 0 Å². The van der Waals surface area contributed by atoms with Crippen molar-refractivity contribution in [3.05, 3.63) is 47.5 Å². The first-order chi connectivity index (χ1) is 16.2. The number of phosphoric ester groups is 1. The van der Waals surface area contributed by atoms with Crippen molar-refractivity contribution >= 4 is 36.4 Å². The van der Waals surface area contributed by atoms with E-state index >= 15 is 0 Å². The van der Waals surface area contributed by atoms with E-state index < -0.39 is 45.0 Å². The molecule has 1 saturated heterocycles. The Morgan fingerprint density at radius 3 is 2.59 bits per heavy atom. The van der Waals surface area contributed by atoms with E-state index in [4.69, 9.17) is 30.6 Å². The third-order valence-corrected chi connectivity index (χ3v) is 5.95. The van der Waals surface area contributed by atoms with Gasteiger partial charge in [0.15, 0.2) is 23.2 Å².